The van der Waals surface area contributed by atoms with Crippen LogP contribution in [-0.2, 0) is 11.0 Å². The summed E-state index contributed by atoms with van der Waals surface area (Å²) in [6.07, 6.45) is 1.46. The number of alkyl halides is 3. The van der Waals surface area contributed by atoms with Crippen molar-refractivity contribution in [1.82, 2.24) is 14.3 Å². The predicted octanol–water partition coefficient (Wildman–Crippen LogP) is 6.87. The summed E-state index contributed by atoms with van der Waals surface area (Å²) in [5.41, 5.74) is 2.64. The molecule has 0 aliphatic carbocycles. The molecule has 1 amide bonds. The molecule has 1 saturated heterocycles. The molecular weight excluding hydrogens is 513 g/mol. The topological polar surface area (TPSA) is 82.2 Å². The highest BCUT2D eigenvalue weighted by Crippen LogP contribution is 2.36. The van der Waals surface area contributed by atoms with Crippen molar-refractivity contribution in [2.45, 2.75) is 31.9 Å². The number of aryl methyl sites for hydroxylation is 1. The average molecular weight is 543 g/mol. The maximum atomic E-state index is 13.7. The number of halogens is 3. The molecule has 11 heteroatoms. The monoisotopic (exact) mass is 542 g/mol. The summed E-state index contributed by atoms with van der Waals surface area (Å²) in [4.78, 5) is 19.7. The molecule has 2 heterocycles. The number of hydrogen-bond acceptors (Lipinski definition) is 7. The van der Waals surface area contributed by atoms with Gasteiger partial charge in [-0.2, -0.15) is 18.2 Å². The zero-order valence-corrected chi connectivity index (χ0v) is 21.9. The van der Waals surface area contributed by atoms with Gasteiger partial charge in [-0.25, -0.2) is 4.98 Å². The summed E-state index contributed by atoms with van der Waals surface area (Å²) in [5.74, 6) is -0.326. The zero-order chi connectivity index (χ0) is 27.3. The standard InChI is InChI=1S/C27H29F3N6OS/c1-4-24(37)32-20-6-5-7-21(15-20)33-25-22(27(28,29)30)16-31-26(35-25)34-23-9-8-19(14-17(23)2)18-10-12-36(38-3)13-11-18/h4-9,14-16,18H,1,10-13H2,2-3H3,(H,32,37)(H2,31,33,34,35). The molecule has 200 valence electrons. The van der Waals surface area contributed by atoms with Crippen LogP contribution in [0, 0.1) is 6.92 Å². The van der Waals surface area contributed by atoms with E-state index < -0.39 is 23.5 Å². The van der Waals surface area contributed by atoms with Gasteiger partial charge in [-0.1, -0.05) is 36.7 Å². The molecule has 3 aromatic rings. The number of carbonyl (C=O) groups excluding carboxylic acids is 1. The van der Waals surface area contributed by atoms with E-state index in [9.17, 15) is 18.0 Å². The number of piperidine rings is 1. The van der Waals surface area contributed by atoms with Crippen LogP contribution in [-0.4, -0.2) is 39.5 Å². The lowest BCUT2D eigenvalue weighted by Gasteiger charge is -2.30. The summed E-state index contributed by atoms with van der Waals surface area (Å²) < 4.78 is 43.5. The number of nitrogens with one attached hydrogen (secondary N) is 3. The second-order valence-corrected chi connectivity index (χ2v) is 9.82. The molecule has 1 fully saturated rings. The summed E-state index contributed by atoms with van der Waals surface area (Å²) in [6.45, 7) is 7.44. The molecule has 0 unspecified atom stereocenters. The summed E-state index contributed by atoms with van der Waals surface area (Å²) >= 11 is 1.77. The molecular formula is C27H29F3N6OS. The molecule has 0 atom stereocenters. The van der Waals surface area contributed by atoms with Gasteiger partial charge in [0.25, 0.3) is 0 Å². The highest BCUT2D eigenvalue weighted by atomic mass is 32.2. The highest BCUT2D eigenvalue weighted by molar-refractivity contribution is 7.96. The molecule has 1 aliphatic heterocycles. The Balaban J connectivity index is 1.55. The van der Waals surface area contributed by atoms with Crippen LogP contribution in [0.5, 0.6) is 0 Å². The van der Waals surface area contributed by atoms with Crippen molar-refractivity contribution in [3.8, 4) is 0 Å². The molecule has 38 heavy (non-hydrogen) atoms. The number of anilines is 5. The average Bonchev–Trinajstić information content (AvgIpc) is 2.89. The van der Waals surface area contributed by atoms with E-state index >= 15 is 0 Å². The van der Waals surface area contributed by atoms with Gasteiger partial charge in [0.1, 0.15) is 11.4 Å². The number of amides is 1. The van der Waals surface area contributed by atoms with E-state index in [0.717, 1.165) is 49.5 Å². The molecule has 1 aromatic heterocycles. The summed E-state index contributed by atoms with van der Waals surface area (Å²) in [5, 5.41) is 8.36. The molecule has 2 aromatic carbocycles. The molecule has 7 nitrogen and oxygen atoms in total. The van der Waals surface area contributed by atoms with E-state index in [1.165, 1.54) is 11.6 Å². The minimum Gasteiger partial charge on any atom is -0.339 e. The first-order valence-corrected chi connectivity index (χ1v) is 13.3. The maximum Gasteiger partial charge on any atom is 0.421 e. The Hall–Kier alpha value is -3.57. The van der Waals surface area contributed by atoms with Crippen LogP contribution in [0.1, 0.15) is 35.4 Å². The van der Waals surface area contributed by atoms with Gasteiger partial charge < -0.3 is 16.0 Å². The quantitative estimate of drug-likeness (QED) is 0.212. The van der Waals surface area contributed by atoms with E-state index in [-0.39, 0.29) is 5.95 Å². The predicted molar refractivity (Wildman–Crippen MR) is 147 cm³/mol. The Morgan fingerprint density at radius 2 is 1.87 bits per heavy atom. The molecule has 0 radical (unpaired) electrons. The van der Waals surface area contributed by atoms with Crippen LogP contribution < -0.4 is 16.0 Å². The Morgan fingerprint density at radius 3 is 2.53 bits per heavy atom. The smallest absolute Gasteiger partial charge is 0.339 e. The van der Waals surface area contributed by atoms with Gasteiger partial charge >= 0.3 is 6.18 Å². The fourth-order valence-corrected chi connectivity index (χ4v) is 4.90. The second-order valence-electron chi connectivity index (χ2n) is 8.94. The normalized spacial score (nSPS) is 14.7. The van der Waals surface area contributed by atoms with Crippen LogP contribution in [0.3, 0.4) is 0 Å². The third kappa shape index (κ3) is 6.84. The van der Waals surface area contributed by atoms with E-state index in [0.29, 0.717) is 17.3 Å². The number of nitrogens with zero attached hydrogens (tertiary/aromatic N) is 3. The lowest BCUT2D eigenvalue weighted by atomic mass is 9.89. The van der Waals surface area contributed by atoms with Crippen molar-refractivity contribution in [2.24, 2.45) is 0 Å². The van der Waals surface area contributed by atoms with E-state index in [1.807, 2.05) is 13.0 Å². The van der Waals surface area contributed by atoms with E-state index in [2.05, 4.69) is 55.2 Å². The molecule has 1 aliphatic rings. The minimum absolute atomic E-state index is 0.0285. The number of rotatable bonds is 8. The molecule has 0 spiro atoms. The van der Waals surface area contributed by atoms with Gasteiger partial charge in [-0.3, -0.25) is 9.10 Å². The van der Waals surface area contributed by atoms with Crippen LogP contribution in [0.15, 0.2) is 61.3 Å². The lowest BCUT2D eigenvalue weighted by molar-refractivity contribution is -0.137. The molecule has 4 rings (SSSR count). The molecule has 0 bridgehead atoms. The first-order valence-electron chi connectivity index (χ1n) is 12.1. The van der Waals surface area contributed by atoms with Crippen molar-refractivity contribution in [3.05, 3.63) is 78.0 Å². The maximum absolute atomic E-state index is 13.7. The fourth-order valence-electron chi connectivity index (χ4n) is 4.32. The van der Waals surface area contributed by atoms with Crippen LogP contribution in [0.25, 0.3) is 0 Å². The van der Waals surface area contributed by atoms with Gasteiger partial charge in [-0.05, 0) is 73.4 Å². The molecule has 3 N–H and O–H groups in total. The second kappa shape index (κ2) is 11.9. The molecule has 0 saturated carbocycles. The highest BCUT2D eigenvalue weighted by Gasteiger charge is 2.35. The lowest BCUT2D eigenvalue weighted by Crippen LogP contribution is -2.27. The Bertz CT molecular complexity index is 1310. The third-order valence-electron chi connectivity index (χ3n) is 6.35. The Morgan fingerprint density at radius 1 is 1.13 bits per heavy atom. The fraction of sp³-hybridized carbons (Fsp3) is 0.296. The van der Waals surface area contributed by atoms with Crippen LogP contribution in [0.4, 0.5) is 42.0 Å². The van der Waals surface area contributed by atoms with Gasteiger partial charge in [0, 0.05) is 36.3 Å². The number of benzene rings is 2. The van der Waals surface area contributed by atoms with Gasteiger partial charge in [0.15, 0.2) is 0 Å². The first kappa shape index (κ1) is 27.5. The Kier molecular flexibility index (Phi) is 8.58. The number of hydrogen-bond donors (Lipinski definition) is 3. The van der Waals surface area contributed by atoms with Gasteiger partial charge in [-0.15, -0.1) is 0 Å². The van der Waals surface area contributed by atoms with Gasteiger partial charge in [0.2, 0.25) is 11.9 Å². The Labute approximate surface area is 224 Å². The summed E-state index contributed by atoms with van der Waals surface area (Å²) in [6, 6.07) is 12.4. The van der Waals surface area contributed by atoms with Crippen molar-refractivity contribution in [1.29, 1.82) is 0 Å². The van der Waals surface area contributed by atoms with Crippen molar-refractivity contribution >= 4 is 46.7 Å². The van der Waals surface area contributed by atoms with Crippen LogP contribution >= 0.6 is 11.9 Å². The summed E-state index contributed by atoms with van der Waals surface area (Å²) in [7, 11) is 0. The SMILES string of the molecule is C=CC(=O)Nc1cccc(Nc2nc(Nc3ccc(C4CCN(SC)CC4)cc3C)ncc2C(F)(F)F)c1. The third-order valence-corrected chi connectivity index (χ3v) is 7.23. The van der Waals surface area contributed by atoms with Crippen molar-refractivity contribution in [2.75, 3.05) is 35.3 Å². The minimum atomic E-state index is -4.67. The van der Waals surface area contributed by atoms with Crippen molar-refractivity contribution in [3.63, 3.8) is 0 Å². The van der Waals surface area contributed by atoms with Crippen molar-refractivity contribution < 1.29 is 18.0 Å². The van der Waals surface area contributed by atoms with Crippen LogP contribution in [0.2, 0.25) is 0 Å². The zero-order valence-electron chi connectivity index (χ0n) is 21.1. The largest absolute Gasteiger partial charge is 0.421 e. The number of carbonyl (C=O) groups is 1. The van der Waals surface area contributed by atoms with Gasteiger partial charge in [0.05, 0.1) is 0 Å². The van der Waals surface area contributed by atoms with E-state index in [4.69, 9.17) is 0 Å². The number of aromatic nitrogens is 2. The van der Waals surface area contributed by atoms with E-state index in [1.54, 1.807) is 30.1 Å². The first-order chi connectivity index (χ1) is 18.2.